The largest absolute Gasteiger partial charge is 0.497 e. The Morgan fingerprint density at radius 2 is 1.89 bits per heavy atom. The van der Waals surface area contributed by atoms with E-state index in [1.54, 1.807) is 20.5 Å². The third kappa shape index (κ3) is 2.60. The molecule has 3 aromatic rings. The van der Waals surface area contributed by atoms with Crippen molar-refractivity contribution in [3.63, 3.8) is 0 Å². The van der Waals surface area contributed by atoms with Crippen LogP contribution in [0.5, 0.6) is 17.2 Å². The van der Waals surface area contributed by atoms with E-state index in [2.05, 4.69) is 6.07 Å². The van der Waals surface area contributed by atoms with Gasteiger partial charge in [0.15, 0.2) is 0 Å². The van der Waals surface area contributed by atoms with Crippen molar-refractivity contribution in [3.05, 3.63) is 77.7 Å². The Bertz CT molecular complexity index is 1030. The summed E-state index contributed by atoms with van der Waals surface area (Å²) in [7, 11) is 3.30. The van der Waals surface area contributed by atoms with Crippen LogP contribution < -0.4 is 14.2 Å². The molecule has 6 nitrogen and oxygen atoms in total. The summed E-state index contributed by atoms with van der Waals surface area (Å²) >= 11 is 0. The molecule has 0 bridgehead atoms. The second-order valence-corrected chi connectivity index (χ2v) is 6.74. The van der Waals surface area contributed by atoms with Gasteiger partial charge < -0.3 is 18.6 Å². The highest BCUT2D eigenvalue weighted by atomic mass is 16.5. The number of fused-ring (bicyclic) bond motifs is 3. The van der Waals surface area contributed by atoms with Gasteiger partial charge in [0.05, 0.1) is 32.1 Å². The summed E-state index contributed by atoms with van der Waals surface area (Å²) in [5.41, 5.74) is 2.89. The predicted octanol–water partition coefficient (Wildman–Crippen LogP) is 4.54. The van der Waals surface area contributed by atoms with E-state index in [0.717, 1.165) is 46.3 Å². The minimum absolute atomic E-state index is 0.0611. The third-order valence-electron chi connectivity index (χ3n) is 5.21. The molecule has 0 radical (unpaired) electrons. The molecular formula is C22H20N2O4. The zero-order valence-corrected chi connectivity index (χ0v) is 15.7. The number of hydrogen-bond acceptors (Lipinski definition) is 6. The smallest absolute Gasteiger partial charge is 0.217 e. The van der Waals surface area contributed by atoms with Crippen LogP contribution >= 0.6 is 0 Å². The number of hydrazone groups is 1. The molecule has 28 heavy (non-hydrogen) atoms. The standard InChI is InChI=1S/C22H20N2O4/c1-25-14-9-10-19(26-2)16(12-14)22-24-18(15-6-3-4-7-20(15)28-22)13-17(23-24)21-8-5-11-27-21/h3-12,18,22H,13H2,1-2H3/t18-,22-/m0/s1. The van der Waals surface area contributed by atoms with Crippen LogP contribution in [0.3, 0.4) is 0 Å². The van der Waals surface area contributed by atoms with Gasteiger partial charge in [0.2, 0.25) is 6.23 Å². The molecule has 6 heteroatoms. The number of hydrogen-bond donors (Lipinski definition) is 0. The second-order valence-electron chi connectivity index (χ2n) is 6.74. The molecular weight excluding hydrogens is 356 g/mol. The zero-order valence-electron chi connectivity index (χ0n) is 15.7. The number of furan rings is 1. The van der Waals surface area contributed by atoms with Crippen LogP contribution in [0.25, 0.3) is 0 Å². The van der Waals surface area contributed by atoms with Crippen LogP contribution in [-0.4, -0.2) is 24.9 Å². The normalized spacial score (nSPS) is 20.1. The summed E-state index contributed by atoms with van der Waals surface area (Å²) in [5, 5.41) is 6.87. The van der Waals surface area contributed by atoms with E-state index in [-0.39, 0.29) is 6.04 Å². The topological polar surface area (TPSA) is 56.4 Å². The molecule has 2 atom stereocenters. The van der Waals surface area contributed by atoms with Crippen molar-refractivity contribution in [2.75, 3.05) is 14.2 Å². The van der Waals surface area contributed by atoms with E-state index in [1.165, 1.54) is 0 Å². The Balaban J connectivity index is 1.64. The summed E-state index contributed by atoms with van der Waals surface area (Å²) < 4.78 is 23.0. The summed E-state index contributed by atoms with van der Waals surface area (Å²) in [4.78, 5) is 0. The molecule has 2 aromatic carbocycles. The van der Waals surface area contributed by atoms with E-state index in [4.69, 9.17) is 23.7 Å². The van der Waals surface area contributed by atoms with Crippen molar-refractivity contribution in [1.29, 1.82) is 0 Å². The fourth-order valence-corrected chi connectivity index (χ4v) is 3.86. The van der Waals surface area contributed by atoms with Gasteiger partial charge >= 0.3 is 0 Å². The number of ether oxygens (including phenoxy) is 3. The van der Waals surface area contributed by atoms with Crippen LogP contribution in [0.4, 0.5) is 0 Å². The Labute approximate surface area is 162 Å². The second kappa shape index (κ2) is 6.64. The van der Waals surface area contributed by atoms with Crippen molar-refractivity contribution in [2.24, 2.45) is 5.10 Å². The summed E-state index contributed by atoms with van der Waals surface area (Å²) in [6.07, 6.45) is 1.98. The monoisotopic (exact) mass is 376 g/mol. The Morgan fingerprint density at radius 3 is 2.68 bits per heavy atom. The molecule has 0 fully saturated rings. The molecule has 0 unspecified atom stereocenters. The van der Waals surface area contributed by atoms with Gasteiger partial charge in [0, 0.05) is 12.0 Å². The first-order valence-electron chi connectivity index (χ1n) is 9.15. The Kier molecular flexibility index (Phi) is 3.97. The summed E-state index contributed by atoms with van der Waals surface area (Å²) in [5.74, 6) is 3.10. The van der Waals surface area contributed by atoms with E-state index in [9.17, 15) is 0 Å². The maximum absolute atomic E-state index is 6.39. The third-order valence-corrected chi connectivity index (χ3v) is 5.21. The minimum atomic E-state index is -0.433. The van der Waals surface area contributed by atoms with E-state index < -0.39 is 6.23 Å². The number of rotatable bonds is 4. The molecule has 0 aliphatic carbocycles. The van der Waals surface area contributed by atoms with Gasteiger partial charge in [0.1, 0.15) is 28.7 Å². The molecule has 0 saturated carbocycles. The fourth-order valence-electron chi connectivity index (χ4n) is 3.86. The molecule has 2 aliphatic heterocycles. The van der Waals surface area contributed by atoms with Crippen molar-refractivity contribution >= 4 is 5.71 Å². The maximum atomic E-state index is 6.39. The van der Waals surface area contributed by atoms with Crippen molar-refractivity contribution in [1.82, 2.24) is 5.01 Å². The van der Waals surface area contributed by atoms with Gasteiger partial charge in [-0.3, -0.25) is 0 Å². The highest BCUT2D eigenvalue weighted by Crippen LogP contribution is 2.49. The quantitative estimate of drug-likeness (QED) is 0.669. The molecule has 3 heterocycles. The lowest BCUT2D eigenvalue weighted by Gasteiger charge is -2.38. The molecule has 0 saturated heterocycles. The van der Waals surface area contributed by atoms with Gasteiger partial charge in [0.25, 0.3) is 0 Å². The Morgan fingerprint density at radius 1 is 1.00 bits per heavy atom. The average molecular weight is 376 g/mol. The fraction of sp³-hybridized carbons (Fsp3) is 0.227. The SMILES string of the molecule is COc1ccc(OC)c([C@@H]2Oc3ccccc3[C@@H]3CC(c4ccco4)=NN32)c1. The minimum Gasteiger partial charge on any atom is -0.497 e. The van der Waals surface area contributed by atoms with E-state index >= 15 is 0 Å². The van der Waals surface area contributed by atoms with Gasteiger partial charge in [-0.15, -0.1) is 0 Å². The van der Waals surface area contributed by atoms with Gasteiger partial charge in [-0.2, -0.15) is 5.10 Å². The molecule has 5 rings (SSSR count). The number of benzene rings is 2. The molecule has 1 aromatic heterocycles. The predicted molar refractivity (Wildman–Crippen MR) is 104 cm³/mol. The Hall–Kier alpha value is -3.41. The van der Waals surface area contributed by atoms with Crippen LogP contribution in [-0.2, 0) is 0 Å². The lowest BCUT2D eigenvalue weighted by atomic mass is 9.97. The van der Waals surface area contributed by atoms with Gasteiger partial charge in [-0.1, -0.05) is 18.2 Å². The van der Waals surface area contributed by atoms with Crippen molar-refractivity contribution in [3.8, 4) is 17.2 Å². The lowest BCUT2D eigenvalue weighted by molar-refractivity contribution is -0.0204. The van der Waals surface area contributed by atoms with E-state index in [1.807, 2.05) is 53.5 Å². The number of methoxy groups -OCH3 is 2. The highest BCUT2D eigenvalue weighted by Gasteiger charge is 2.42. The van der Waals surface area contributed by atoms with Crippen molar-refractivity contribution in [2.45, 2.75) is 18.7 Å². The summed E-state index contributed by atoms with van der Waals surface area (Å²) in [6.45, 7) is 0. The zero-order chi connectivity index (χ0) is 19.1. The van der Waals surface area contributed by atoms with Crippen LogP contribution in [0.1, 0.15) is 35.6 Å². The molecule has 142 valence electrons. The highest BCUT2D eigenvalue weighted by molar-refractivity contribution is 5.99. The molecule has 0 spiro atoms. The average Bonchev–Trinajstić information content (AvgIpc) is 3.42. The first kappa shape index (κ1) is 16.7. The first-order valence-corrected chi connectivity index (χ1v) is 9.15. The molecule has 0 N–H and O–H groups in total. The van der Waals surface area contributed by atoms with Gasteiger partial charge in [-0.05, 0) is 36.4 Å². The van der Waals surface area contributed by atoms with Crippen LogP contribution in [0.15, 0.2) is 70.4 Å². The van der Waals surface area contributed by atoms with Gasteiger partial charge in [-0.25, -0.2) is 5.01 Å². The number of para-hydroxylation sites is 1. The summed E-state index contributed by atoms with van der Waals surface area (Å²) in [6, 6.07) is 17.7. The molecule has 0 amide bonds. The number of nitrogens with zero attached hydrogens (tertiary/aromatic N) is 2. The van der Waals surface area contributed by atoms with Crippen LogP contribution in [0, 0.1) is 0 Å². The molecule has 2 aliphatic rings. The van der Waals surface area contributed by atoms with E-state index in [0.29, 0.717) is 0 Å². The van der Waals surface area contributed by atoms with Crippen LogP contribution in [0.2, 0.25) is 0 Å². The lowest BCUT2D eigenvalue weighted by Crippen LogP contribution is -2.33. The maximum Gasteiger partial charge on any atom is 0.217 e. The van der Waals surface area contributed by atoms with Crippen molar-refractivity contribution < 1.29 is 18.6 Å². The first-order chi connectivity index (χ1) is 13.8.